The van der Waals surface area contributed by atoms with Crippen LogP contribution in [0.25, 0.3) is 0 Å². The van der Waals surface area contributed by atoms with Gasteiger partial charge in [0.25, 0.3) is 0 Å². The van der Waals surface area contributed by atoms with Crippen LogP contribution >= 0.6 is 0 Å². The number of nitriles is 1. The van der Waals surface area contributed by atoms with E-state index >= 15 is 0 Å². The lowest BCUT2D eigenvalue weighted by atomic mass is 10.0. The second kappa shape index (κ2) is 12.2. The molecule has 1 unspecified atom stereocenters. The topological polar surface area (TPSA) is 111 Å². The predicted molar refractivity (Wildman–Crippen MR) is 129 cm³/mol. The average Bonchev–Trinajstić information content (AvgIpc) is 2.83. The summed E-state index contributed by atoms with van der Waals surface area (Å²) in [7, 11) is 0. The Balaban J connectivity index is 1.63. The van der Waals surface area contributed by atoms with Gasteiger partial charge in [0.1, 0.15) is 12.1 Å². The number of aryl methyl sites for hydroxylation is 1. The summed E-state index contributed by atoms with van der Waals surface area (Å²) in [5, 5.41) is 24.7. The Labute approximate surface area is 199 Å². The largest absolute Gasteiger partial charge is 0.478 e. The molecule has 0 heterocycles. The molecule has 7 heteroatoms. The minimum atomic E-state index is -1.02. The maximum Gasteiger partial charge on any atom is 0.335 e. The van der Waals surface area contributed by atoms with Crippen LogP contribution in [-0.2, 0) is 22.6 Å². The van der Waals surface area contributed by atoms with E-state index in [1.54, 1.807) is 12.1 Å². The molecular formula is C27H27N3O4. The molecule has 0 radical (unpaired) electrons. The first-order valence-electron chi connectivity index (χ1n) is 10.9. The summed E-state index contributed by atoms with van der Waals surface area (Å²) < 4.78 is 5.59. The molecule has 0 spiro atoms. The Morgan fingerprint density at radius 2 is 1.74 bits per heavy atom. The van der Waals surface area contributed by atoms with Crippen LogP contribution in [0.4, 0.5) is 5.69 Å². The Morgan fingerprint density at radius 1 is 1.00 bits per heavy atom. The zero-order chi connectivity index (χ0) is 24.3. The van der Waals surface area contributed by atoms with Crippen molar-refractivity contribution < 1.29 is 19.4 Å². The number of carboxylic acid groups (broad SMARTS) is 1. The number of para-hydroxylation sites is 1. The first-order chi connectivity index (χ1) is 16.4. The van der Waals surface area contributed by atoms with E-state index in [1.165, 1.54) is 12.1 Å². The summed E-state index contributed by atoms with van der Waals surface area (Å²) in [5.41, 5.74) is 3.75. The van der Waals surface area contributed by atoms with Gasteiger partial charge in [-0.15, -0.1) is 0 Å². The third-order valence-electron chi connectivity index (χ3n) is 5.15. The summed E-state index contributed by atoms with van der Waals surface area (Å²) in [6, 6.07) is 24.4. The van der Waals surface area contributed by atoms with Crippen LogP contribution < -0.4 is 10.6 Å². The number of benzene rings is 3. The summed E-state index contributed by atoms with van der Waals surface area (Å²) >= 11 is 0. The van der Waals surface area contributed by atoms with Gasteiger partial charge in [-0.25, -0.2) is 4.79 Å². The number of ether oxygens (including phenoxy) is 1. The van der Waals surface area contributed by atoms with Gasteiger partial charge >= 0.3 is 5.97 Å². The quantitative estimate of drug-likeness (QED) is 0.402. The van der Waals surface area contributed by atoms with Gasteiger partial charge in [-0.2, -0.15) is 5.26 Å². The normalized spacial score (nSPS) is 12.2. The number of rotatable bonds is 11. The van der Waals surface area contributed by atoms with Gasteiger partial charge in [0.2, 0.25) is 5.91 Å². The molecule has 3 N–H and O–H groups in total. The first kappa shape index (κ1) is 24.5. The SMILES string of the molecule is Cc1cccc(CC(Nc2ccccc2)C(=O)N[C@H](C#N)COCc2cccc(C(=O)O)c2)c1. The number of hydrogen-bond donors (Lipinski definition) is 3. The minimum absolute atomic E-state index is 0.0258. The lowest BCUT2D eigenvalue weighted by Gasteiger charge is -2.22. The van der Waals surface area contributed by atoms with Crippen LogP contribution in [0, 0.1) is 18.3 Å². The van der Waals surface area contributed by atoms with Gasteiger partial charge < -0.3 is 20.5 Å². The highest BCUT2D eigenvalue weighted by Crippen LogP contribution is 2.13. The summed E-state index contributed by atoms with van der Waals surface area (Å²) in [6.45, 7) is 2.10. The lowest BCUT2D eigenvalue weighted by Crippen LogP contribution is -2.46. The number of carbonyl (C=O) groups excluding carboxylic acids is 1. The first-order valence-corrected chi connectivity index (χ1v) is 10.9. The number of carbonyl (C=O) groups is 2. The highest BCUT2D eigenvalue weighted by Gasteiger charge is 2.22. The van der Waals surface area contributed by atoms with Crippen molar-refractivity contribution in [1.82, 2.24) is 5.32 Å². The highest BCUT2D eigenvalue weighted by atomic mass is 16.5. The van der Waals surface area contributed by atoms with Crippen molar-refractivity contribution in [2.75, 3.05) is 11.9 Å². The van der Waals surface area contributed by atoms with E-state index in [0.29, 0.717) is 12.0 Å². The van der Waals surface area contributed by atoms with Crippen molar-refractivity contribution in [3.8, 4) is 6.07 Å². The van der Waals surface area contributed by atoms with Crippen molar-refractivity contribution in [3.05, 3.63) is 101 Å². The molecule has 1 amide bonds. The smallest absolute Gasteiger partial charge is 0.335 e. The predicted octanol–water partition coefficient (Wildman–Crippen LogP) is 3.94. The number of nitrogens with zero attached hydrogens (tertiary/aromatic N) is 1. The minimum Gasteiger partial charge on any atom is -0.478 e. The van der Waals surface area contributed by atoms with Crippen molar-refractivity contribution in [3.63, 3.8) is 0 Å². The number of amides is 1. The van der Waals surface area contributed by atoms with Crippen LogP contribution in [0.1, 0.15) is 27.0 Å². The van der Waals surface area contributed by atoms with E-state index in [0.717, 1.165) is 16.8 Å². The fraction of sp³-hybridized carbons (Fsp3) is 0.222. The highest BCUT2D eigenvalue weighted by molar-refractivity contribution is 5.87. The second-order valence-corrected chi connectivity index (χ2v) is 7.97. The maximum atomic E-state index is 13.1. The molecule has 3 aromatic rings. The molecule has 2 atom stereocenters. The summed E-state index contributed by atoms with van der Waals surface area (Å²) in [5.74, 6) is -1.33. The van der Waals surface area contributed by atoms with E-state index in [9.17, 15) is 14.9 Å². The number of aromatic carboxylic acids is 1. The van der Waals surface area contributed by atoms with Gasteiger partial charge in [-0.1, -0.05) is 60.2 Å². The summed E-state index contributed by atoms with van der Waals surface area (Å²) in [6.07, 6.45) is 0.448. The molecule has 0 saturated carbocycles. The Kier molecular flexibility index (Phi) is 8.78. The Bertz CT molecular complexity index is 1160. The van der Waals surface area contributed by atoms with E-state index in [-0.39, 0.29) is 24.7 Å². The molecule has 0 aliphatic heterocycles. The van der Waals surface area contributed by atoms with Gasteiger partial charge in [-0.3, -0.25) is 4.79 Å². The van der Waals surface area contributed by atoms with Crippen LogP contribution in [0.3, 0.4) is 0 Å². The average molecular weight is 458 g/mol. The molecule has 0 bridgehead atoms. The maximum absolute atomic E-state index is 13.1. The third kappa shape index (κ3) is 7.47. The molecular weight excluding hydrogens is 430 g/mol. The molecule has 3 rings (SSSR count). The van der Waals surface area contributed by atoms with Crippen molar-refractivity contribution in [2.24, 2.45) is 0 Å². The fourth-order valence-corrected chi connectivity index (χ4v) is 3.49. The molecule has 0 aromatic heterocycles. The van der Waals surface area contributed by atoms with Crippen LogP contribution in [0.15, 0.2) is 78.9 Å². The van der Waals surface area contributed by atoms with E-state index in [4.69, 9.17) is 9.84 Å². The van der Waals surface area contributed by atoms with Crippen molar-refractivity contribution in [2.45, 2.75) is 32.0 Å². The number of carboxylic acids is 1. The van der Waals surface area contributed by atoms with Crippen LogP contribution in [0.2, 0.25) is 0 Å². The molecule has 0 saturated heterocycles. The van der Waals surface area contributed by atoms with E-state index in [2.05, 4.69) is 16.7 Å². The lowest BCUT2D eigenvalue weighted by molar-refractivity contribution is -0.122. The molecule has 0 aliphatic rings. The van der Waals surface area contributed by atoms with Crippen molar-refractivity contribution in [1.29, 1.82) is 5.26 Å². The zero-order valence-electron chi connectivity index (χ0n) is 18.9. The summed E-state index contributed by atoms with van der Waals surface area (Å²) in [4.78, 5) is 24.2. The monoisotopic (exact) mass is 457 g/mol. The molecule has 0 aliphatic carbocycles. The van der Waals surface area contributed by atoms with Gasteiger partial charge in [0, 0.05) is 12.1 Å². The standard InChI is InChI=1S/C27H27N3O4/c1-19-7-5-8-20(13-19)15-25(29-23-11-3-2-4-12-23)26(31)30-24(16-28)18-34-17-21-9-6-10-22(14-21)27(32)33/h2-14,24-25,29H,15,17-18H2,1H3,(H,30,31)(H,32,33)/t24-,25?/m1/s1. The van der Waals surface area contributed by atoms with Crippen LogP contribution in [-0.4, -0.2) is 35.7 Å². The van der Waals surface area contributed by atoms with E-state index in [1.807, 2.05) is 61.5 Å². The van der Waals surface area contributed by atoms with Gasteiger partial charge in [-0.05, 0) is 42.3 Å². The second-order valence-electron chi connectivity index (χ2n) is 7.97. The third-order valence-corrected chi connectivity index (χ3v) is 5.15. The van der Waals surface area contributed by atoms with Gasteiger partial charge in [0.15, 0.2) is 0 Å². The molecule has 3 aromatic carbocycles. The zero-order valence-corrected chi connectivity index (χ0v) is 18.9. The number of anilines is 1. The fourth-order valence-electron chi connectivity index (χ4n) is 3.49. The Morgan fingerprint density at radius 3 is 2.44 bits per heavy atom. The van der Waals surface area contributed by atoms with Crippen LogP contribution in [0.5, 0.6) is 0 Å². The molecule has 7 nitrogen and oxygen atoms in total. The Hall–Kier alpha value is -4.15. The van der Waals surface area contributed by atoms with Crippen molar-refractivity contribution >= 4 is 17.6 Å². The van der Waals surface area contributed by atoms with Gasteiger partial charge in [0.05, 0.1) is 24.8 Å². The number of hydrogen-bond acceptors (Lipinski definition) is 5. The van der Waals surface area contributed by atoms with E-state index < -0.39 is 18.1 Å². The molecule has 0 fully saturated rings. The molecule has 34 heavy (non-hydrogen) atoms. The molecule has 174 valence electrons. The number of nitrogens with one attached hydrogen (secondary N) is 2.